The largest absolute Gasteiger partial charge is 0.313 e. The first-order chi connectivity index (χ1) is 8.81. The molecule has 1 saturated carbocycles. The van der Waals surface area contributed by atoms with Gasteiger partial charge in [-0.25, -0.2) is 4.39 Å². The van der Waals surface area contributed by atoms with E-state index in [1.165, 1.54) is 51.0 Å². The van der Waals surface area contributed by atoms with E-state index in [-0.39, 0.29) is 5.82 Å². The fourth-order valence-corrected chi connectivity index (χ4v) is 3.20. The van der Waals surface area contributed by atoms with Crippen LogP contribution in [0.5, 0.6) is 0 Å². The van der Waals surface area contributed by atoms with E-state index in [1.54, 1.807) is 6.07 Å². The van der Waals surface area contributed by atoms with Crippen LogP contribution in [0.2, 0.25) is 0 Å². The molecule has 18 heavy (non-hydrogen) atoms. The van der Waals surface area contributed by atoms with Gasteiger partial charge in [0.15, 0.2) is 0 Å². The lowest BCUT2D eigenvalue weighted by Gasteiger charge is -2.29. The molecular weight excluding hydrogens is 225 g/mol. The van der Waals surface area contributed by atoms with Crippen molar-refractivity contribution in [3.63, 3.8) is 0 Å². The van der Waals surface area contributed by atoms with Gasteiger partial charge in [-0.05, 0) is 43.5 Å². The highest BCUT2D eigenvalue weighted by Gasteiger charge is 2.22. The monoisotopic (exact) mass is 249 g/mol. The molecule has 2 rings (SSSR count). The lowest BCUT2D eigenvalue weighted by molar-refractivity contribution is 0.299. The fourth-order valence-electron chi connectivity index (χ4n) is 3.20. The molecule has 2 heteroatoms. The van der Waals surface area contributed by atoms with Crippen LogP contribution in [0, 0.1) is 11.7 Å². The molecule has 0 amide bonds. The highest BCUT2D eigenvalue weighted by atomic mass is 19.1. The van der Waals surface area contributed by atoms with Crippen molar-refractivity contribution in [1.82, 2.24) is 5.32 Å². The summed E-state index contributed by atoms with van der Waals surface area (Å²) in [7, 11) is 1.99. The average molecular weight is 249 g/mol. The molecule has 0 aromatic heterocycles. The molecule has 0 spiro atoms. The summed E-state index contributed by atoms with van der Waals surface area (Å²) in [5, 5.41) is 3.40. The van der Waals surface area contributed by atoms with Gasteiger partial charge in [0.25, 0.3) is 0 Å². The quantitative estimate of drug-likeness (QED) is 0.834. The van der Waals surface area contributed by atoms with Crippen LogP contribution in [-0.2, 0) is 0 Å². The molecule has 1 aromatic rings. The zero-order valence-corrected chi connectivity index (χ0v) is 11.3. The van der Waals surface area contributed by atoms with Gasteiger partial charge in [0.1, 0.15) is 5.82 Å². The van der Waals surface area contributed by atoms with Gasteiger partial charge >= 0.3 is 0 Å². The standard InChI is InChI=1S/C16H24FN/c1-18-16(14-10-7-11-15(17)12-14)13-8-5-3-2-4-6-9-13/h7,10-13,16,18H,2-6,8-9H2,1H3. The van der Waals surface area contributed by atoms with E-state index < -0.39 is 0 Å². The minimum absolute atomic E-state index is 0.126. The number of hydrogen-bond acceptors (Lipinski definition) is 1. The van der Waals surface area contributed by atoms with E-state index in [1.807, 2.05) is 19.2 Å². The van der Waals surface area contributed by atoms with Crippen LogP contribution >= 0.6 is 0 Å². The van der Waals surface area contributed by atoms with Gasteiger partial charge in [0, 0.05) is 6.04 Å². The van der Waals surface area contributed by atoms with Crippen LogP contribution in [0.25, 0.3) is 0 Å². The molecule has 0 bridgehead atoms. The van der Waals surface area contributed by atoms with Gasteiger partial charge in [-0.2, -0.15) is 0 Å². The summed E-state index contributed by atoms with van der Waals surface area (Å²) >= 11 is 0. The van der Waals surface area contributed by atoms with Gasteiger partial charge < -0.3 is 5.32 Å². The van der Waals surface area contributed by atoms with Crippen LogP contribution in [0.15, 0.2) is 24.3 Å². The normalized spacial score (nSPS) is 20.1. The molecule has 0 aliphatic heterocycles. The second-order valence-electron chi connectivity index (χ2n) is 5.43. The van der Waals surface area contributed by atoms with E-state index in [9.17, 15) is 4.39 Å². The van der Waals surface area contributed by atoms with E-state index in [2.05, 4.69) is 5.32 Å². The average Bonchev–Trinajstić information content (AvgIpc) is 2.32. The molecule has 0 radical (unpaired) electrons. The van der Waals surface area contributed by atoms with Crippen LogP contribution in [0.3, 0.4) is 0 Å². The van der Waals surface area contributed by atoms with Crippen molar-refractivity contribution in [2.24, 2.45) is 5.92 Å². The van der Waals surface area contributed by atoms with E-state index in [0.29, 0.717) is 12.0 Å². The third-order valence-electron chi connectivity index (χ3n) is 4.14. The molecule has 1 fully saturated rings. The minimum atomic E-state index is -0.126. The molecule has 1 atom stereocenters. The number of hydrogen-bond donors (Lipinski definition) is 1. The maximum Gasteiger partial charge on any atom is 0.123 e. The lowest BCUT2D eigenvalue weighted by atomic mass is 9.83. The highest BCUT2D eigenvalue weighted by molar-refractivity contribution is 5.21. The predicted octanol–water partition coefficient (Wildman–Crippen LogP) is 4.45. The summed E-state index contributed by atoms with van der Waals surface area (Å²) in [5.41, 5.74) is 1.10. The van der Waals surface area contributed by atoms with Gasteiger partial charge in [0.05, 0.1) is 0 Å². The van der Waals surface area contributed by atoms with Gasteiger partial charge in [-0.3, -0.25) is 0 Å². The summed E-state index contributed by atoms with van der Waals surface area (Å²) in [5.74, 6) is 0.524. The number of benzene rings is 1. The smallest absolute Gasteiger partial charge is 0.123 e. The third kappa shape index (κ3) is 3.55. The molecule has 0 saturated heterocycles. The Hall–Kier alpha value is -0.890. The molecule has 0 heterocycles. The van der Waals surface area contributed by atoms with Crippen molar-refractivity contribution in [3.8, 4) is 0 Å². The van der Waals surface area contributed by atoms with Crippen LogP contribution in [0.1, 0.15) is 56.6 Å². The van der Waals surface area contributed by atoms with Crippen LogP contribution in [0.4, 0.5) is 4.39 Å². The Bertz CT molecular complexity index is 356. The number of rotatable bonds is 3. The molecule has 1 N–H and O–H groups in total. The second-order valence-corrected chi connectivity index (χ2v) is 5.43. The molecular formula is C16H24FN. The third-order valence-corrected chi connectivity index (χ3v) is 4.14. The van der Waals surface area contributed by atoms with Crippen molar-refractivity contribution >= 4 is 0 Å². The molecule has 1 unspecified atom stereocenters. The summed E-state index contributed by atoms with van der Waals surface area (Å²) in [4.78, 5) is 0. The Morgan fingerprint density at radius 3 is 2.39 bits per heavy atom. The highest BCUT2D eigenvalue weighted by Crippen LogP contribution is 2.32. The van der Waals surface area contributed by atoms with E-state index >= 15 is 0 Å². The zero-order valence-electron chi connectivity index (χ0n) is 11.3. The van der Waals surface area contributed by atoms with Crippen LogP contribution < -0.4 is 5.32 Å². The van der Waals surface area contributed by atoms with E-state index in [4.69, 9.17) is 0 Å². The lowest BCUT2D eigenvalue weighted by Crippen LogP contribution is -2.26. The Balaban J connectivity index is 2.10. The maximum absolute atomic E-state index is 13.3. The number of nitrogens with one attached hydrogen (secondary N) is 1. The minimum Gasteiger partial charge on any atom is -0.313 e. The molecule has 100 valence electrons. The summed E-state index contributed by atoms with van der Waals surface area (Å²) in [6.07, 6.45) is 9.27. The Kier molecular flexibility index (Phi) is 5.18. The van der Waals surface area contributed by atoms with Crippen molar-refractivity contribution in [2.45, 2.75) is 51.0 Å². The first kappa shape index (κ1) is 13.5. The van der Waals surface area contributed by atoms with Crippen molar-refractivity contribution < 1.29 is 4.39 Å². The van der Waals surface area contributed by atoms with Gasteiger partial charge in [-0.1, -0.05) is 44.2 Å². The van der Waals surface area contributed by atoms with Crippen molar-refractivity contribution in [1.29, 1.82) is 0 Å². The molecule has 1 aliphatic carbocycles. The molecule has 1 aliphatic rings. The topological polar surface area (TPSA) is 12.0 Å². The first-order valence-electron chi connectivity index (χ1n) is 7.24. The Morgan fingerprint density at radius 1 is 1.11 bits per heavy atom. The first-order valence-corrected chi connectivity index (χ1v) is 7.24. The van der Waals surface area contributed by atoms with Crippen molar-refractivity contribution in [3.05, 3.63) is 35.6 Å². The summed E-state index contributed by atoms with van der Waals surface area (Å²) < 4.78 is 13.3. The predicted molar refractivity (Wildman–Crippen MR) is 74.0 cm³/mol. The van der Waals surface area contributed by atoms with E-state index in [0.717, 1.165) is 5.56 Å². The molecule has 1 nitrogen and oxygen atoms in total. The van der Waals surface area contributed by atoms with Gasteiger partial charge in [0.2, 0.25) is 0 Å². The fraction of sp³-hybridized carbons (Fsp3) is 0.625. The zero-order chi connectivity index (χ0) is 12.8. The SMILES string of the molecule is CNC(c1cccc(F)c1)C1CCCCCCC1. The van der Waals surface area contributed by atoms with Gasteiger partial charge in [-0.15, -0.1) is 0 Å². The van der Waals surface area contributed by atoms with Crippen LogP contribution in [-0.4, -0.2) is 7.05 Å². The maximum atomic E-state index is 13.3. The van der Waals surface area contributed by atoms with Crippen molar-refractivity contribution in [2.75, 3.05) is 7.05 Å². The summed E-state index contributed by atoms with van der Waals surface area (Å²) in [6, 6.07) is 7.37. The summed E-state index contributed by atoms with van der Waals surface area (Å²) in [6.45, 7) is 0. The Labute approximate surface area is 110 Å². The number of halogens is 1. The second kappa shape index (κ2) is 6.89. The Morgan fingerprint density at radius 2 is 1.78 bits per heavy atom. The molecule has 1 aromatic carbocycles.